The minimum absolute atomic E-state index is 0.174. The van der Waals surface area contributed by atoms with Gasteiger partial charge in [0.2, 0.25) is 5.91 Å². The van der Waals surface area contributed by atoms with Crippen LogP contribution in [0, 0.1) is 0 Å². The molecule has 0 aliphatic carbocycles. The summed E-state index contributed by atoms with van der Waals surface area (Å²) in [6, 6.07) is 12.2. The van der Waals surface area contributed by atoms with E-state index in [4.69, 9.17) is 9.47 Å². The number of benzene rings is 2. The van der Waals surface area contributed by atoms with Crippen molar-refractivity contribution < 1.29 is 27.4 Å². The molecule has 0 bridgehead atoms. The number of halogens is 3. The molecule has 146 valence electrons. The van der Waals surface area contributed by atoms with Gasteiger partial charge < -0.3 is 14.8 Å². The summed E-state index contributed by atoms with van der Waals surface area (Å²) in [5.41, 5.74) is 0.798. The van der Waals surface area contributed by atoms with Crippen molar-refractivity contribution in [3.8, 4) is 5.75 Å². The third-order valence-corrected chi connectivity index (χ3v) is 4.18. The molecule has 2 rings (SSSR count). The van der Waals surface area contributed by atoms with Crippen molar-refractivity contribution >= 4 is 5.91 Å². The van der Waals surface area contributed by atoms with E-state index in [1.807, 2.05) is 24.3 Å². The molecule has 0 saturated heterocycles. The largest absolute Gasteiger partial charge is 0.496 e. The molecule has 1 N–H and O–H groups in total. The Morgan fingerprint density at radius 1 is 1.07 bits per heavy atom. The summed E-state index contributed by atoms with van der Waals surface area (Å²) < 4.78 is 48.4. The number of rotatable bonds is 8. The van der Waals surface area contributed by atoms with Gasteiger partial charge in [-0.25, -0.2) is 0 Å². The van der Waals surface area contributed by atoms with E-state index in [1.54, 1.807) is 14.2 Å². The number of nitrogens with one attached hydrogen (secondary N) is 1. The zero-order chi connectivity index (χ0) is 19.9. The molecule has 0 unspecified atom stereocenters. The first kappa shape index (κ1) is 20.8. The van der Waals surface area contributed by atoms with E-state index >= 15 is 0 Å². The van der Waals surface area contributed by atoms with Crippen molar-refractivity contribution in [2.24, 2.45) is 0 Å². The maximum absolute atomic E-state index is 12.6. The molecule has 0 fully saturated rings. The molecule has 0 radical (unpaired) electrons. The van der Waals surface area contributed by atoms with Gasteiger partial charge in [-0.15, -0.1) is 0 Å². The molecule has 1 amide bonds. The van der Waals surface area contributed by atoms with Crippen LogP contribution < -0.4 is 10.1 Å². The fourth-order valence-corrected chi connectivity index (χ4v) is 2.67. The average Bonchev–Trinajstić information content (AvgIpc) is 2.66. The Morgan fingerprint density at radius 3 is 2.33 bits per heavy atom. The van der Waals surface area contributed by atoms with Crippen LogP contribution in [0.25, 0.3) is 0 Å². The number of carbonyl (C=O) groups is 1. The lowest BCUT2D eigenvalue weighted by Gasteiger charge is -2.19. The van der Waals surface area contributed by atoms with E-state index in [0.717, 1.165) is 17.7 Å². The van der Waals surface area contributed by atoms with Crippen molar-refractivity contribution in [3.63, 3.8) is 0 Å². The Balaban J connectivity index is 1.86. The van der Waals surface area contributed by atoms with Gasteiger partial charge in [-0.05, 0) is 30.2 Å². The molecular formula is C20H22F3NO3. The molecule has 0 aromatic heterocycles. The van der Waals surface area contributed by atoms with E-state index in [2.05, 4.69) is 5.32 Å². The Kier molecular flexibility index (Phi) is 7.24. The number of carbonyl (C=O) groups excluding carboxylic acids is 1. The Morgan fingerprint density at radius 2 is 1.74 bits per heavy atom. The Labute approximate surface area is 156 Å². The predicted molar refractivity (Wildman–Crippen MR) is 95.5 cm³/mol. The third kappa shape index (κ3) is 5.99. The Bertz CT molecular complexity index is 745. The van der Waals surface area contributed by atoms with Gasteiger partial charge in [0.1, 0.15) is 11.9 Å². The fraction of sp³-hybridized carbons (Fsp3) is 0.350. The second-order valence-corrected chi connectivity index (χ2v) is 5.97. The highest BCUT2D eigenvalue weighted by atomic mass is 19.4. The highest BCUT2D eigenvalue weighted by Gasteiger charge is 2.29. The van der Waals surface area contributed by atoms with E-state index in [-0.39, 0.29) is 25.0 Å². The van der Waals surface area contributed by atoms with Gasteiger partial charge in [-0.1, -0.05) is 30.3 Å². The summed E-state index contributed by atoms with van der Waals surface area (Å²) in [6.07, 6.45) is -4.19. The van der Waals surface area contributed by atoms with E-state index in [1.165, 1.54) is 12.1 Å². The number of methoxy groups -OCH3 is 2. The molecule has 7 heteroatoms. The van der Waals surface area contributed by atoms with Gasteiger partial charge >= 0.3 is 6.18 Å². The second kappa shape index (κ2) is 9.41. The lowest BCUT2D eigenvalue weighted by atomic mass is 10.1. The molecule has 27 heavy (non-hydrogen) atoms. The zero-order valence-electron chi connectivity index (χ0n) is 15.2. The number of ether oxygens (including phenoxy) is 2. The van der Waals surface area contributed by atoms with Gasteiger partial charge in [0.25, 0.3) is 0 Å². The molecule has 2 aromatic rings. The van der Waals surface area contributed by atoms with Crippen molar-refractivity contribution in [2.75, 3.05) is 20.8 Å². The van der Waals surface area contributed by atoms with Crippen LogP contribution in [0.15, 0.2) is 48.5 Å². The smallest absolute Gasteiger partial charge is 0.416 e. The quantitative estimate of drug-likeness (QED) is 0.747. The molecule has 4 nitrogen and oxygen atoms in total. The summed E-state index contributed by atoms with van der Waals surface area (Å²) in [7, 11) is 3.11. The van der Waals surface area contributed by atoms with Crippen LogP contribution >= 0.6 is 0 Å². The molecule has 0 heterocycles. The minimum Gasteiger partial charge on any atom is -0.496 e. The first-order valence-electron chi connectivity index (χ1n) is 8.43. The topological polar surface area (TPSA) is 47.6 Å². The lowest BCUT2D eigenvalue weighted by Crippen LogP contribution is -2.29. The molecule has 2 aromatic carbocycles. The van der Waals surface area contributed by atoms with Gasteiger partial charge in [-0.2, -0.15) is 13.2 Å². The molecule has 0 saturated carbocycles. The SMILES string of the molecule is COc1ccccc1[C@@H](CNC(=O)CCc1ccc(C(F)(F)F)cc1)OC. The first-order valence-corrected chi connectivity index (χ1v) is 8.43. The predicted octanol–water partition coefficient (Wildman–Crippen LogP) is 4.15. The molecule has 1 atom stereocenters. The van der Waals surface area contributed by atoms with Crippen LogP contribution in [0.1, 0.15) is 29.2 Å². The highest BCUT2D eigenvalue weighted by molar-refractivity contribution is 5.76. The molecule has 0 aliphatic heterocycles. The van der Waals surface area contributed by atoms with Gasteiger partial charge in [-0.3, -0.25) is 4.79 Å². The highest BCUT2D eigenvalue weighted by Crippen LogP contribution is 2.29. The maximum atomic E-state index is 12.6. The summed E-state index contributed by atoms with van der Waals surface area (Å²) in [4.78, 5) is 12.1. The van der Waals surface area contributed by atoms with Crippen molar-refractivity contribution in [3.05, 3.63) is 65.2 Å². The number of amides is 1. The lowest BCUT2D eigenvalue weighted by molar-refractivity contribution is -0.137. The summed E-state index contributed by atoms with van der Waals surface area (Å²) in [5.74, 6) is 0.468. The van der Waals surface area contributed by atoms with Gasteiger partial charge in [0.15, 0.2) is 0 Å². The second-order valence-electron chi connectivity index (χ2n) is 5.97. The number of alkyl halides is 3. The zero-order valence-corrected chi connectivity index (χ0v) is 15.2. The number of para-hydroxylation sites is 1. The third-order valence-electron chi connectivity index (χ3n) is 4.18. The van der Waals surface area contributed by atoms with E-state index in [0.29, 0.717) is 17.7 Å². The minimum atomic E-state index is -4.36. The molecule has 0 spiro atoms. The summed E-state index contributed by atoms with van der Waals surface area (Å²) in [5, 5.41) is 2.79. The van der Waals surface area contributed by atoms with E-state index in [9.17, 15) is 18.0 Å². The monoisotopic (exact) mass is 381 g/mol. The van der Waals surface area contributed by atoms with Crippen LogP contribution in [0.5, 0.6) is 5.75 Å². The van der Waals surface area contributed by atoms with Crippen molar-refractivity contribution in [1.29, 1.82) is 0 Å². The van der Waals surface area contributed by atoms with Crippen LogP contribution in [-0.2, 0) is 22.1 Å². The number of hydrogen-bond acceptors (Lipinski definition) is 3. The average molecular weight is 381 g/mol. The fourth-order valence-electron chi connectivity index (χ4n) is 2.67. The standard InChI is InChI=1S/C20H22F3NO3/c1-26-17-6-4-3-5-16(17)18(27-2)13-24-19(25)12-9-14-7-10-15(11-8-14)20(21,22)23/h3-8,10-11,18H,9,12-13H2,1-2H3,(H,24,25)/t18-/m1/s1. The summed E-state index contributed by atoms with van der Waals surface area (Å²) in [6.45, 7) is 0.267. The Hall–Kier alpha value is -2.54. The van der Waals surface area contributed by atoms with Gasteiger partial charge in [0, 0.05) is 25.6 Å². The first-order chi connectivity index (χ1) is 12.8. The van der Waals surface area contributed by atoms with Crippen LogP contribution in [-0.4, -0.2) is 26.7 Å². The number of hydrogen-bond donors (Lipinski definition) is 1. The van der Waals surface area contributed by atoms with Gasteiger partial charge in [0.05, 0.1) is 12.7 Å². The van der Waals surface area contributed by atoms with Crippen LogP contribution in [0.4, 0.5) is 13.2 Å². The molecule has 0 aliphatic rings. The van der Waals surface area contributed by atoms with Crippen molar-refractivity contribution in [2.45, 2.75) is 25.1 Å². The normalized spacial score (nSPS) is 12.5. The molecular weight excluding hydrogens is 359 g/mol. The van der Waals surface area contributed by atoms with Crippen molar-refractivity contribution in [1.82, 2.24) is 5.32 Å². The maximum Gasteiger partial charge on any atom is 0.416 e. The van der Waals surface area contributed by atoms with E-state index < -0.39 is 11.7 Å². The van der Waals surface area contributed by atoms with Crippen LogP contribution in [0.3, 0.4) is 0 Å². The summed E-state index contributed by atoms with van der Waals surface area (Å²) >= 11 is 0. The number of aryl methyl sites for hydroxylation is 1. The van der Waals surface area contributed by atoms with Crippen LogP contribution in [0.2, 0.25) is 0 Å².